The number of hydrogen-bond donors (Lipinski definition) is 1. The van der Waals surface area contributed by atoms with E-state index in [0.29, 0.717) is 0 Å². The molecule has 0 aliphatic rings. The van der Waals surface area contributed by atoms with Crippen molar-refractivity contribution in [3.8, 4) is 0 Å². The molecule has 0 saturated carbocycles. The fraction of sp³-hybridized carbons (Fsp3) is 0.667. The zero-order valence-corrected chi connectivity index (χ0v) is 8.74. The van der Waals surface area contributed by atoms with E-state index in [1.54, 1.807) is 0 Å². The van der Waals surface area contributed by atoms with Crippen LogP contribution in [0.15, 0.2) is 0 Å². The fourth-order valence-corrected chi connectivity index (χ4v) is 0.403. The molecule has 0 rings (SSSR count). The molecule has 0 saturated heterocycles. The molecule has 6 heteroatoms. The van der Waals surface area contributed by atoms with Crippen molar-refractivity contribution in [3.63, 3.8) is 0 Å². The predicted molar refractivity (Wildman–Crippen MR) is 34.0 cm³/mol. The van der Waals surface area contributed by atoms with Crippen molar-refractivity contribution in [3.05, 3.63) is 0 Å². The summed E-state index contributed by atoms with van der Waals surface area (Å²) in [4.78, 5) is 9.55. The van der Waals surface area contributed by atoms with Crippen LogP contribution in [0.1, 0.15) is 1.43 Å². The van der Waals surface area contributed by atoms with Crippen molar-refractivity contribution in [2.75, 3.05) is 5.75 Å². The second kappa shape index (κ2) is 7.42. The first-order chi connectivity index (χ1) is 3.63. The Morgan fingerprint density at radius 1 is 1.78 bits per heavy atom. The zero-order chi connectivity index (χ0) is 6.57. The molecule has 1 radical (unpaired) electrons. The third-order valence-corrected chi connectivity index (χ3v) is 0.998. The number of carboxylic acid groups (broad SMARTS) is 1. The molecule has 0 aromatic carbocycles. The van der Waals surface area contributed by atoms with Gasteiger partial charge in [0.15, 0.2) is 0 Å². The van der Waals surface area contributed by atoms with Crippen LogP contribution in [0.3, 0.4) is 0 Å². The van der Waals surface area contributed by atoms with Crippen LogP contribution in [-0.4, -0.2) is 74.0 Å². The van der Waals surface area contributed by atoms with Crippen molar-refractivity contribution < 1.29 is 20.1 Å². The fourth-order valence-electron chi connectivity index (χ4n) is 0.134. The minimum Gasteiger partial charge on any atom is -0.481 e. The van der Waals surface area contributed by atoms with Gasteiger partial charge >= 0.3 is 5.97 Å². The van der Waals surface area contributed by atoms with E-state index in [4.69, 9.17) is 5.11 Å². The average molecular weight is 183 g/mol. The summed E-state index contributed by atoms with van der Waals surface area (Å²) in [5.74, 6) is -4.32. The number of alkyl halides is 2. The Morgan fingerprint density at radius 3 is 2.33 bits per heavy atom. The maximum Gasteiger partial charge on any atom is 0.313 e. The molecule has 0 spiro atoms. The number of halogens is 2. The van der Waals surface area contributed by atoms with Gasteiger partial charge in [0.05, 0.1) is 5.75 Å². The Labute approximate surface area is 99.3 Å². The van der Waals surface area contributed by atoms with Crippen molar-refractivity contribution in [2.45, 2.75) is 5.76 Å². The SMILES string of the molecule is O=C(O)CSC(F)F.[HH].[K]. The molecule has 1 N–H and O–H groups in total. The van der Waals surface area contributed by atoms with Crippen LogP contribution >= 0.6 is 11.8 Å². The molecule has 0 aromatic heterocycles. The Morgan fingerprint density at radius 2 is 2.22 bits per heavy atom. The first-order valence-electron chi connectivity index (χ1n) is 1.74. The third-order valence-electron chi connectivity index (χ3n) is 0.333. The van der Waals surface area contributed by atoms with Crippen molar-refractivity contribution in [2.24, 2.45) is 0 Å². The first-order valence-corrected chi connectivity index (χ1v) is 2.79. The van der Waals surface area contributed by atoms with Gasteiger partial charge in [-0.2, -0.15) is 8.78 Å². The van der Waals surface area contributed by atoms with Gasteiger partial charge in [0.25, 0.3) is 5.76 Å². The summed E-state index contributed by atoms with van der Waals surface area (Å²) in [6.45, 7) is 0. The van der Waals surface area contributed by atoms with Crippen LogP contribution in [0.2, 0.25) is 0 Å². The molecule has 2 nitrogen and oxygen atoms in total. The number of carbonyl (C=O) groups is 1. The summed E-state index contributed by atoms with van der Waals surface area (Å²) in [5, 5.41) is 7.81. The molecule has 0 bridgehead atoms. The standard InChI is InChI=1S/C3H4F2O2S.K.H2/c4-3(5)8-1-2(6)7;;/h3H,1H2,(H,6,7);;1H. The second-order valence-electron chi connectivity index (χ2n) is 0.965. The van der Waals surface area contributed by atoms with Crippen LogP contribution < -0.4 is 0 Å². The normalized spacial score (nSPS) is 8.78. The minimum absolute atomic E-state index is 0. The van der Waals surface area contributed by atoms with Gasteiger partial charge < -0.3 is 5.11 Å². The van der Waals surface area contributed by atoms with Gasteiger partial charge in [-0.3, -0.25) is 4.79 Å². The third kappa shape index (κ3) is 12.5. The molecular formula is C3H6F2KO2S. The van der Waals surface area contributed by atoms with Gasteiger partial charge in [0.2, 0.25) is 0 Å². The van der Waals surface area contributed by atoms with Gasteiger partial charge in [-0.25, -0.2) is 0 Å². The summed E-state index contributed by atoms with van der Waals surface area (Å²) in [6.07, 6.45) is 0. The minimum atomic E-state index is -2.58. The van der Waals surface area contributed by atoms with Crippen LogP contribution in [0, 0.1) is 0 Å². The van der Waals surface area contributed by atoms with E-state index >= 15 is 0 Å². The summed E-state index contributed by atoms with van der Waals surface area (Å²) in [7, 11) is 0. The number of rotatable bonds is 3. The van der Waals surface area contributed by atoms with E-state index in [2.05, 4.69) is 0 Å². The monoisotopic (exact) mass is 183 g/mol. The largest absolute Gasteiger partial charge is 0.481 e. The van der Waals surface area contributed by atoms with Gasteiger partial charge in [0.1, 0.15) is 0 Å². The number of hydrogen-bond acceptors (Lipinski definition) is 2. The predicted octanol–water partition coefficient (Wildman–Crippen LogP) is 0.892. The van der Waals surface area contributed by atoms with Crippen LogP contribution in [-0.2, 0) is 4.79 Å². The summed E-state index contributed by atoms with van der Waals surface area (Å²) in [6, 6.07) is 0. The number of carboxylic acids is 1. The Hall–Kier alpha value is 1.32. The van der Waals surface area contributed by atoms with E-state index in [-0.39, 0.29) is 64.6 Å². The van der Waals surface area contributed by atoms with Gasteiger partial charge in [-0.05, 0) is 0 Å². The van der Waals surface area contributed by atoms with E-state index in [9.17, 15) is 13.6 Å². The maximum atomic E-state index is 11.1. The zero-order valence-electron chi connectivity index (χ0n) is 4.80. The van der Waals surface area contributed by atoms with Gasteiger partial charge in [0, 0.05) is 52.8 Å². The molecule has 0 amide bonds. The molecule has 0 aliphatic heterocycles. The Kier molecular flexibility index (Phi) is 10.7. The Balaban J connectivity index is -0.000000245. The molecule has 0 fully saturated rings. The maximum absolute atomic E-state index is 11.1. The number of thioether (sulfide) groups is 1. The molecule has 0 heterocycles. The van der Waals surface area contributed by atoms with Crippen molar-refractivity contribution in [1.29, 1.82) is 0 Å². The summed E-state index contributed by atoms with van der Waals surface area (Å²) >= 11 is 0.106. The summed E-state index contributed by atoms with van der Waals surface area (Å²) in [5.41, 5.74) is 0. The second-order valence-corrected chi connectivity index (χ2v) is 1.94. The smallest absolute Gasteiger partial charge is 0.313 e. The van der Waals surface area contributed by atoms with E-state index in [0.717, 1.165) is 0 Å². The van der Waals surface area contributed by atoms with E-state index < -0.39 is 17.5 Å². The molecule has 9 heavy (non-hydrogen) atoms. The van der Waals surface area contributed by atoms with Crippen molar-refractivity contribution >= 4 is 69.1 Å². The van der Waals surface area contributed by atoms with Crippen LogP contribution in [0.5, 0.6) is 0 Å². The van der Waals surface area contributed by atoms with Crippen molar-refractivity contribution in [1.82, 2.24) is 0 Å². The molecule has 0 atom stereocenters. The van der Waals surface area contributed by atoms with Gasteiger partial charge in [-0.1, -0.05) is 11.8 Å². The van der Waals surface area contributed by atoms with Crippen LogP contribution in [0.25, 0.3) is 0 Å². The van der Waals surface area contributed by atoms with Crippen LogP contribution in [0.4, 0.5) is 8.78 Å². The molecule has 0 unspecified atom stereocenters. The molecule has 0 aromatic rings. The quantitative estimate of drug-likeness (QED) is 0.660. The molecule has 51 valence electrons. The van der Waals surface area contributed by atoms with Gasteiger partial charge in [-0.15, -0.1) is 0 Å². The summed E-state index contributed by atoms with van der Waals surface area (Å²) < 4.78 is 22.2. The molecular weight excluding hydrogens is 177 g/mol. The van der Waals surface area contributed by atoms with E-state index in [1.165, 1.54) is 0 Å². The topological polar surface area (TPSA) is 37.3 Å². The van der Waals surface area contributed by atoms with E-state index in [1.807, 2.05) is 0 Å². The number of aliphatic carboxylic acids is 1. The first kappa shape index (κ1) is 12.9. The Bertz CT molecular complexity index is 94.6. The molecule has 0 aliphatic carbocycles. The average Bonchev–Trinajstić information content (AvgIpc) is 1.61.